The van der Waals surface area contributed by atoms with Crippen LogP contribution in [0.25, 0.3) is 0 Å². The molecule has 172 valence electrons. The largest absolute Gasteiger partial charge is 0.481 e. The normalized spacial score (nSPS) is 21.0. The number of methoxy groups -OCH3 is 1. The number of anilines is 1. The summed E-state index contributed by atoms with van der Waals surface area (Å²) in [5.74, 6) is -0.0620. The number of para-hydroxylation sites is 2. The first-order valence-corrected chi connectivity index (χ1v) is 11.6. The first-order chi connectivity index (χ1) is 15.2. The van der Waals surface area contributed by atoms with Crippen LogP contribution in [0.5, 0.6) is 5.75 Å². The van der Waals surface area contributed by atoms with Crippen molar-refractivity contribution >= 4 is 41.6 Å². The fourth-order valence-corrected chi connectivity index (χ4v) is 5.16. The Labute approximate surface area is 199 Å². The van der Waals surface area contributed by atoms with Gasteiger partial charge in [-0.1, -0.05) is 42.1 Å². The molecule has 0 aromatic heterocycles. The third kappa shape index (κ3) is 5.77. The van der Waals surface area contributed by atoms with Gasteiger partial charge in [0.1, 0.15) is 5.75 Å². The van der Waals surface area contributed by atoms with Gasteiger partial charge in [-0.25, -0.2) is 0 Å². The fraction of sp³-hybridized carbons (Fsp3) is 0.417. The molecule has 1 saturated heterocycles. The highest BCUT2D eigenvalue weighted by Gasteiger charge is 2.38. The molecule has 0 N–H and O–H groups in total. The first-order valence-electron chi connectivity index (χ1n) is 10.7. The van der Waals surface area contributed by atoms with E-state index in [1.54, 1.807) is 0 Å². The summed E-state index contributed by atoms with van der Waals surface area (Å²) < 4.78 is 10.9. The van der Waals surface area contributed by atoms with Crippen molar-refractivity contribution in [2.75, 3.05) is 44.7 Å². The molecule has 0 spiro atoms. The van der Waals surface area contributed by atoms with E-state index in [0.29, 0.717) is 12.2 Å². The molecule has 2 aromatic carbocycles. The molecule has 4 rings (SSSR count). The smallest absolute Gasteiger partial charge is 0.326 e. The topological polar surface area (TPSA) is 59.1 Å². The average molecular weight is 477 g/mol. The summed E-state index contributed by atoms with van der Waals surface area (Å²) in [6, 6.07) is 18.0. The number of hydrogen-bond donors (Lipinski definition) is 0. The molecule has 0 aliphatic carbocycles. The van der Waals surface area contributed by atoms with Crippen LogP contribution in [0.1, 0.15) is 12.8 Å². The van der Waals surface area contributed by atoms with E-state index in [2.05, 4.69) is 34.1 Å². The van der Waals surface area contributed by atoms with Gasteiger partial charge in [0.2, 0.25) is 0 Å². The molecule has 8 heteroatoms. The molecule has 0 radical (unpaired) electrons. The first kappa shape index (κ1) is 24.4. The molecule has 2 atom stereocenters. The monoisotopic (exact) mass is 476 g/mol. The minimum Gasteiger partial charge on any atom is -0.481 e. The van der Waals surface area contributed by atoms with Gasteiger partial charge in [0.25, 0.3) is 0 Å². The number of ether oxygens (including phenoxy) is 2. The van der Waals surface area contributed by atoms with E-state index >= 15 is 0 Å². The van der Waals surface area contributed by atoms with Crippen molar-refractivity contribution in [2.45, 2.75) is 29.1 Å². The molecule has 2 unspecified atom stereocenters. The number of fused-ring (bicyclic) bond motifs is 1. The lowest BCUT2D eigenvalue weighted by molar-refractivity contribution is -0.144. The van der Waals surface area contributed by atoms with Crippen LogP contribution < -0.4 is 9.64 Å². The molecule has 2 aliphatic heterocycles. The summed E-state index contributed by atoms with van der Waals surface area (Å²) in [5, 5.41) is -0.881. The Morgan fingerprint density at radius 2 is 1.75 bits per heavy atom. The van der Waals surface area contributed by atoms with Gasteiger partial charge in [-0.2, -0.15) is 0 Å². The van der Waals surface area contributed by atoms with Crippen molar-refractivity contribution in [1.29, 1.82) is 0 Å². The summed E-state index contributed by atoms with van der Waals surface area (Å²) in [4.78, 5) is 30.9. The Bertz CT molecular complexity index is 906. The molecule has 6 nitrogen and oxygen atoms in total. The fourth-order valence-electron chi connectivity index (χ4n) is 4.05. The minimum atomic E-state index is -0.881. The molecule has 2 heterocycles. The summed E-state index contributed by atoms with van der Waals surface area (Å²) in [6.07, 6.45) is 0.786. The molecule has 0 amide bonds. The van der Waals surface area contributed by atoms with Gasteiger partial charge in [0.05, 0.1) is 12.0 Å². The van der Waals surface area contributed by atoms with Gasteiger partial charge in [-0.05, 0) is 43.7 Å². The molecular weight excluding hydrogens is 448 g/mol. The van der Waals surface area contributed by atoms with Gasteiger partial charge < -0.3 is 14.4 Å². The number of hydrogen-bond acceptors (Lipinski definition) is 7. The van der Waals surface area contributed by atoms with E-state index in [0.717, 1.165) is 44.0 Å². The number of esters is 1. The van der Waals surface area contributed by atoms with Crippen LogP contribution >= 0.6 is 24.2 Å². The maximum atomic E-state index is 13.0. The van der Waals surface area contributed by atoms with E-state index in [-0.39, 0.29) is 18.2 Å². The van der Waals surface area contributed by atoms with Crippen molar-refractivity contribution in [3.63, 3.8) is 0 Å². The van der Waals surface area contributed by atoms with Gasteiger partial charge in [0, 0.05) is 31.9 Å². The minimum absolute atomic E-state index is 0. The maximum absolute atomic E-state index is 13.0. The van der Waals surface area contributed by atoms with Crippen LogP contribution in [0.3, 0.4) is 0 Å². The number of ketones is 1. The van der Waals surface area contributed by atoms with Crippen LogP contribution in [0.4, 0.5) is 5.69 Å². The summed E-state index contributed by atoms with van der Waals surface area (Å²) in [7, 11) is 1.32. The molecule has 0 bridgehead atoms. The molecule has 2 aliphatic rings. The number of thioether (sulfide) groups is 1. The van der Waals surface area contributed by atoms with Gasteiger partial charge in [0.15, 0.2) is 17.1 Å². The lowest BCUT2D eigenvalue weighted by Crippen LogP contribution is -2.47. The zero-order chi connectivity index (χ0) is 21.6. The van der Waals surface area contributed by atoms with E-state index in [4.69, 9.17) is 9.47 Å². The standard InChI is InChI=1S/C24H28N2O4S.ClH/c1-29-24(28)23-22(27)20(30-19-10-5-6-12-21(19)31-23)11-7-13-25-14-16-26(17-15-25)18-8-3-2-4-9-18;/h2-6,8-10,12,20,23H,7,11,13-17H2,1H3;1H. The number of Topliss-reactive ketones (excluding diaryl/α,β-unsaturated/α-hetero) is 1. The highest BCUT2D eigenvalue weighted by Crippen LogP contribution is 2.38. The van der Waals surface area contributed by atoms with Crippen LogP contribution in [-0.4, -0.2) is 67.8 Å². The van der Waals surface area contributed by atoms with Crippen molar-refractivity contribution in [3.8, 4) is 5.75 Å². The lowest BCUT2D eigenvalue weighted by Gasteiger charge is -2.36. The SMILES string of the molecule is COC(=O)C1Sc2ccccc2OC(CCCN2CCN(c3ccccc3)CC2)C1=O.Cl. The predicted molar refractivity (Wildman–Crippen MR) is 129 cm³/mol. The third-order valence-electron chi connectivity index (χ3n) is 5.79. The maximum Gasteiger partial charge on any atom is 0.326 e. The van der Waals surface area contributed by atoms with Crippen molar-refractivity contribution in [3.05, 3.63) is 54.6 Å². The second-order valence-electron chi connectivity index (χ2n) is 7.78. The number of carbonyl (C=O) groups is 2. The van der Waals surface area contributed by atoms with Crippen molar-refractivity contribution < 1.29 is 19.1 Å². The average Bonchev–Trinajstić information content (AvgIpc) is 2.96. The van der Waals surface area contributed by atoms with Crippen LogP contribution in [0, 0.1) is 0 Å². The number of halogens is 1. The third-order valence-corrected chi connectivity index (χ3v) is 7.04. The van der Waals surface area contributed by atoms with E-state index in [1.165, 1.54) is 24.6 Å². The van der Waals surface area contributed by atoms with Crippen LogP contribution in [0.15, 0.2) is 59.5 Å². The number of benzene rings is 2. The second kappa shape index (κ2) is 11.6. The summed E-state index contributed by atoms with van der Waals surface area (Å²) in [6.45, 7) is 4.90. The number of carbonyl (C=O) groups excluding carboxylic acids is 2. The second-order valence-corrected chi connectivity index (χ2v) is 8.93. The van der Waals surface area contributed by atoms with Gasteiger partial charge in [-0.15, -0.1) is 12.4 Å². The van der Waals surface area contributed by atoms with E-state index < -0.39 is 17.3 Å². The Kier molecular flexibility index (Phi) is 8.84. The molecule has 1 fully saturated rings. The van der Waals surface area contributed by atoms with E-state index in [1.807, 2.05) is 30.3 Å². The molecule has 0 saturated carbocycles. The van der Waals surface area contributed by atoms with Crippen LogP contribution in [0.2, 0.25) is 0 Å². The lowest BCUT2D eigenvalue weighted by atomic mass is 10.1. The number of piperazine rings is 1. The number of nitrogens with zero attached hydrogens (tertiary/aromatic N) is 2. The van der Waals surface area contributed by atoms with Crippen molar-refractivity contribution in [2.24, 2.45) is 0 Å². The molecule has 32 heavy (non-hydrogen) atoms. The molecule has 2 aromatic rings. The number of rotatable bonds is 6. The van der Waals surface area contributed by atoms with Crippen molar-refractivity contribution in [1.82, 2.24) is 4.90 Å². The highest BCUT2D eigenvalue weighted by molar-refractivity contribution is 8.01. The predicted octanol–water partition coefficient (Wildman–Crippen LogP) is 3.67. The summed E-state index contributed by atoms with van der Waals surface area (Å²) in [5.41, 5.74) is 1.27. The van der Waals surface area contributed by atoms with E-state index in [9.17, 15) is 9.59 Å². The van der Waals surface area contributed by atoms with Gasteiger partial charge in [-0.3, -0.25) is 14.5 Å². The highest BCUT2D eigenvalue weighted by atomic mass is 35.5. The Hall–Kier alpha value is -2.22. The quantitative estimate of drug-likeness (QED) is 0.465. The zero-order valence-electron chi connectivity index (χ0n) is 18.1. The zero-order valence-corrected chi connectivity index (χ0v) is 19.8. The van der Waals surface area contributed by atoms with Crippen LogP contribution in [-0.2, 0) is 14.3 Å². The Morgan fingerprint density at radius 3 is 2.47 bits per heavy atom. The molecular formula is C24H29ClN2O4S. The summed E-state index contributed by atoms with van der Waals surface area (Å²) >= 11 is 1.22. The van der Waals surface area contributed by atoms with Gasteiger partial charge >= 0.3 is 5.97 Å². The Balaban J connectivity index is 0.00000289. The Morgan fingerprint density at radius 1 is 1.06 bits per heavy atom.